The third-order valence-electron chi connectivity index (χ3n) is 5.72. The van der Waals surface area contributed by atoms with Crippen molar-refractivity contribution in [1.29, 1.82) is 0 Å². The van der Waals surface area contributed by atoms with Crippen LogP contribution in [-0.2, 0) is 4.79 Å². The quantitative estimate of drug-likeness (QED) is 0.714. The number of fused-ring (bicyclic) bond motifs is 1. The van der Waals surface area contributed by atoms with Crippen molar-refractivity contribution in [2.75, 3.05) is 26.8 Å². The van der Waals surface area contributed by atoms with Crippen molar-refractivity contribution >= 4 is 23.3 Å². The van der Waals surface area contributed by atoms with E-state index in [-0.39, 0.29) is 11.7 Å². The summed E-state index contributed by atoms with van der Waals surface area (Å²) in [6, 6.07) is 12.4. The number of ether oxygens (including phenoxy) is 3. The lowest BCUT2D eigenvalue weighted by Crippen LogP contribution is -2.52. The van der Waals surface area contributed by atoms with Gasteiger partial charge in [0.1, 0.15) is 22.8 Å². The number of benzene rings is 2. The number of piperidine rings is 1. The Morgan fingerprint density at radius 2 is 1.83 bits per heavy atom. The van der Waals surface area contributed by atoms with Crippen molar-refractivity contribution < 1.29 is 23.8 Å². The molecule has 2 aromatic rings. The van der Waals surface area contributed by atoms with Crippen LogP contribution in [0.1, 0.15) is 36.0 Å². The molecule has 6 nitrogen and oxygen atoms in total. The van der Waals surface area contributed by atoms with E-state index < -0.39 is 5.60 Å². The van der Waals surface area contributed by atoms with Crippen LogP contribution in [0, 0.1) is 0 Å². The third kappa shape index (κ3) is 4.38. The van der Waals surface area contributed by atoms with Crippen LogP contribution in [0.3, 0.4) is 0 Å². The number of hydrogen-bond acceptors (Lipinski definition) is 5. The number of amides is 1. The molecule has 1 saturated heterocycles. The van der Waals surface area contributed by atoms with E-state index >= 15 is 0 Å². The van der Waals surface area contributed by atoms with Crippen molar-refractivity contribution in [2.45, 2.75) is 31.3 Å². The summed E-state index contributed by atoms with van der Waals surface area (Å²) in [7, 11) is 1.57. The molecule has 0 unspecified atom stereocenters. The van der Waals surface area contributed by atoms with Crippen LogP contribution in [0.2, 0.25) is 5.02 Å². The first-order valence-electron chi connectivity index (χ1n) is 10.0. The zero-order valence-corrected chi connectivity index (χ0v) is 17.6. The van der Waals surface area contributed by atoms with Crippen LogP contribution in [0.25, 0.3) is 0 Å². The molecule has 4 rings (SSSR count). The van der Waals surface area contributed by atoms with E-state index in [1.807, 2.05) is 4.90 Å². The Morgan fingerprint density at radius 1 is 1.13 bits per heavy atom. The maximum absolute atomic E-state index is 12.7. The Kier molecular flexibility index (Phi) is 5.86. The van der Waals surface area contributed by atoms with Gasteiger partial charge in [-0.3, -0.25) is 9.59 Å². The number of hydrogen-bond donors (Lipinski definition) is 0. The first-order chi connectivity index (χ1) is 14.5. The van der Waals surface area contributed by atoms with Crippen molar-refractivity contribution in [3.8, 4) is 17.2 Å². The summed E-state index contributed by atoms with van der Waals surface area (Å²) < 4.78 is 17.1. The number of rotatable bonds is 5. The number of methoxy groups -OCH3 is 1. The Balaban J connectivity index is 1.30. The van der Waals surface area contributed by atoms with Crippen LogP contribution in [0.5, 0.6) is 17.2 Å². The normalized spacial score (nSPS) is 17.3. The number of Topliss-reactive ketones (excluding diaryl/α,β-unsaturated/α-hetero) is 1. The first-order valence-corrected chi connectivity index (χ1v) is 10.4. The van der Waals surface area contributed by atoms with Gasteiger partial charge in [-0.15, -0.1) is 0 Å². The van der Waals surface area contributed by atoms with E-state index in [2.05, 4.69) is 0 Å². The molecule has 30 heavy (non-hydrogen) atoms. The highest BCUT2D eigenvalue weighted by molar-refractivity contribution is 6.30. The van der Waals surface area contributed by atoms with Gasteiger partial charge in [0.2, 0.25) is 5.91 Å². The summed E-state index contributed by atoms with van der Waals surface area (Å²) in [6.45, 7) is 1.45. The van der Waals surface area contributed by atoms with Crippen LogP contribution < -0.4 is 14.2 Å². The molecular weight excluding hydrogens is 406 g/mol. The molecule has 1 spiro atoms. The molecule has 0 aromatic heterocycles. The van der Waals surface area contributed by atoms with E-state index in [0.717, 1.165) is 0 Å². The van der Waals surface area contributed by atoms with Gasteiger partial charge >= 0.3 is 0 Å². The summed E-state index contributed by atoms with van der Waals surface area (Å²) in [5, 5.41) is 0.644. The Hall–Kier alpha value is -2.73. The molecule has 0 saturated carbocycles. The van der Waals surface area contributed by atoms with Gasteiger partial charge in [0.15, 0.2) is 5.78 Å². The van der Waals surface area contributed by atoms with Gasteiger partial charge in [-0.2, -0.15) is 0 Å². The Morgan fingerprint density at radius 3 is 2.53 bits per heavy atom. The van der Waals surface area contributed by atoms with Crippen molar-refractivity contribution in [3.63, 3.8) is 0 Å². The topological polar surface area (TPSA) is 65.1 Å². The largest absolute Gasteiger partial charge is 0.497 e. The predicted octanol–water partition coefficient (Wildman–Crippen LogP) is 4.14. The van der Waals surface area contributed by atoms with Gasteiger partial charge in [-0.05, 0) is 42.5 Å². The molecule has 0 radical (unpaired) electrons. The minimum absolute atomic E-state index is 0.0473. The maximum atomic E-state index is 12.7. The molecule has 0 bridgehead atoms. The smallest absolute Gasteiger partial charge is 0.226 e. The summed E-state index contributed by atoms with van der Waals surface area (Å²) in [6.07, 6.45) is 1.90. The second-order valence-electron chi connectivity index (χ2n) is 7.68. The molecular formula is C23H24ClNO5. The zero-order chi connectivity index (χ0) is 21.1. The monoisotopic (exact) mass is 429 g/mol. The van der Waals surface area contributed by atoms with Crippen LogP contribution >= 0.6 is 11.6 Å². The molecule has 7 heteroatoms. The van der Waals surface area contributed by atoms with Crippen LogP contribution in [0.15, 0.2) is 42.5 Å². The standard InChI is InChI=1S/C23H24ClNO5/c1-28-18-6-7-21-19(14-18)20(26)15-23(30-21)9-11-25(12-10-23)22(27)8-13-29-17-4-2-16(24)3-5-17/h2-7,14H,8-13,15H2,1H3. The van der Waals surface area contributed by atoms with Crippen LogP contribution in [-0.4, -0.2) is 49.0 Å². The fourth-order valence-electron chi connectivity index (χ4n) is 3.99. The molecule has 0 aliphatic carbocycles. The number of carbonyl (C=O) groups is 2. The third-order valence-corrected chi connectivity index (χ3v) is 5.97. The average molecular weight is 430 g/mol. The van der Waals surface area contributed by atoms with Crippen molar-refractivity contribution in [3.05, 3.63) is 53.1 Å². The Labute approximate surface area is 180 Å². The van der Waals surface area contributed by atoms with Crippen molar-refractivity contribution in [1.82, 2.24) is 4.90 Å². The average Bonchev–Trinajstić information content (AvgIpc) is 2.75. The number of carbonyl (C=O) groups excluding carboxylic acids is 2. The summed E-state index contributed by atoms with van der Waals surface area (Å²) in [4.78, 5) is 27.1. The second kappa shape index (κ2) is 8.56. The van der Waals surface area contributed by atoms with Crippen LogP contribution in [0.4, 0.5) is 0 Å². The predicted molar refractivity (Wildman–Crippen MR) is 113 cm³/mol. The molecule has 1 fully saturated rings. The van der Waals surface area contributed by atoms with E-state index in [9.17, 15) is 9.59 Å². The molecule has 2 heterocycles. The van der Waals surface area contributed by atoms with Gasteiger partial charge in [-0.25, -0.2) is 0 Å². The van der Waals surface area contributed by atoms with E-state index in [4.69, 9.17) is 25.8 Å². The highest BCUT2D eigenvalue weighted by Crippen LogP contribution is 2.40. The molecule has 0 atom stereocenters. The summed E-state index contributed by atoms with van der Waals surface area (Å²) in [5.74, 6) is 2.04. The number of ketones is 1. The lowest BCUT2D eigenvalue weighted by Gasteiger charge is -2.44. The molecule has 0 N–H and O–H groups in total. The highest BCUT2D eigenvalue weighted by Gasteiger charge is 2.43. The summed E-state index contributed by atoms with van der Waals surface area (Å²) in [5.41, 5.74) is 0.0350. The first kappa shape index (κ1) is 20.5. The molecule has 1 amide bonds. The SMILES string of the molecule is COc1ccc2c(c1)C(=O)CC1(CCN(C(=O)CCOc3ccc(Cl)cc3)CC1)O2. The van der Waals surface area contributed by atoms with Crippen molar-refractivity contribution in [2.24, 2.45) is 0 Å². The second-order valence-corrected chi connectivity index (χ2v) is 8.12. The molecule has 2 aromatic carbocycles. The highest BCUT2D eigenvalue weighted by atomic mass is 35.5. The van der Waals surface area contributed by atoms with E-state index in [1.165, 1.54) is 0 Å². The van der Waals surface area contributed by atoms with Gasteiger partial charge < -0.3 is 19.1 Å². The zero-order valence-electron chi connectivity index (χ0n) is 16.9. The van der Waals surface area contributed by atoms with Gasteiger partial charge in [0, 0.05) is 31.0 Å². The minimum Gasteiger partial charge on any atom is -0.497 e. The number of halogens is 1. The molecule has 2 aliphatic rings. The van der Waals surface area contributed by atoms with Gasteiger partial charge in [-0.1, -0.05) is 11.6 Å². The molecule has 2 aliphatic heterocycles. The van der Waals surface area contributed by atoms with E-state index in [1.54, 1.807) is 49.6 Å². The lowest BCUT2D eigenvalue weighted by atomic mass is 9.82. The fraction of sp³-hybridized carbons (Fsp3) is 0.391. The van der Waals surface area contributed by atoms with E-state index in [0.29, 0.717) is 73.2 Å². The van der Waals surface area contributed by atoms with Gasteiger partial charge in [0.05, 0.1) is 32.1 Å². The van der Waals surface area contributed by atoms with Gasteiger partial charge in [0.25, 0.3) is 0 Å². The fourth-order valence-corrected chi connectivity index (χ4v) is 4.11. The molecule has 158 valence electrons. The Bertz CT molecular complexity index is 935. The lowest BCUT2D eigenvalue weighted by molar-refractivity contribution is -0.135. The minimum atomic E-state index is -0.532. The number of nitrogens with zero attached hydrogens (tertiary/aromatic N) is 1. The number of likely N-dealkylation sites (tertiary alicyclic amines) is 1. The maximum Gasteiger partial charge on any atom is 0.226 e. The summed E-state index contributed by atoms with van der Waals surface area (Å²) >= 11 is 5.86.